The molecule has 0 radical (unpaired) electrons. The predicted molar refractivity (Wildman–Crippen MR) is 72.4 cm³/mol. The van der Waals surface area contributed by atoms with Crippen LogP contribution >= 0.6 is 15.9 Å². The number of carbonyl (C=O) groups is 1. The van der Waals surface area contributed by atoms with Crippen LogP contribution in [0.25, 0.3) is 0 Å². The quantitative estimate of drug-likeness (QED) is 0.865. The van der Waals surface area contributed by atoms with Gasteiger partial charge in [-0.05, 0) is 31.6 Å². The summed E-state index contributed by atoms with van der Waals surface area (Å²) in [6, 6.07) is 7.58. The molecule has 0 bridgehead atoms. The topological polar surface area (TPSA) is 32.3 Å². The van der Waals surface area contributed by atoms with E-state index in [1.807, 2.05) is 24.3 Å². The first-order valence-corrected chi connectivity index (χ1v) is 6.77. The molecule has 1 heterocycles. The molecule has 2 rings (SSSR count). The highest BCUT2D eigenvalue weighted by Gasteiger charge is 2.13. The molecule has 1 fully saturated rings. The minimum absolute atomic E-state index is 0.208. The first kappa shape index (κ1) is 12.7. The fourth-order valence-corrected chi connectivity index (χ4v) is 2.25. The Hall–Kier alpha value is -0.710. The third-order valence-corrected chi connectivity index (χ3v) is 3.49. The van der Waals surface area contributed by atoms with E-state index in [1.165, 1.54) is 0 Å². The highest BCUT2D eigenvalue weighted by Crippen LogP contribution is 2.11. The van der Waals surface area contributed by atoms with E-state index in [-0.39, 0.29) is 5.78 Å². The molecule has 3 nitrogen and oxygen atoms in total. The van der Waals surface area contributed by atoms with Gasteiger partial charge in [0.1, 0.15) is 0 Å². The van der Waals surface area contributed by atoms with E-state index in [0.717, 1.165) is 42.6 Å². The van der Waals surface area contributed by atoms with Crippen LogP contribution in [0.4, 0.5) is 0 Å². The molecular weight excluding hydrogens is 280 g/mol. The standard InChI is InChI=1S/C13H17BrN2O/c14-12-4-2-11(3-5-12)13(17)10-16-8-1-6-15-7-9-16/h2-5,15H,1,6-10H2. The third-order valence-electron chi connectivity index (χ3n) is 2.97. The van der Waals surface area contributed by atoms with Gasteiger partial charge >= 0.3 is 0 Å². The van der Waals surface area contributed by atoms with E-state index < -0.39 is 0 Å². The van der Waals surface area contributed by atoms with E-state index in [9.17, 15) is 4.79 Å². The minimum Gasteiger partial charge on any atom is -0.315 e. The van der Waals surface area contributed by atoms with Gasteiger partial charge in [-0.1, -0.05) is 28.1 Å². The van der Waals surface area contributed by atoms with Crippen molar-refractivity contribution in [1.82, 2.24) is 10.2 Å². The van der Waals surface area contributed by atoms with Gasteiger partial charge in [0.15, 0.2) is 5.78 Å². The van der Waals surface area contributed by atoms with Crippen LogP contribution in [0.5, 0.6) is 0 Å². The fraction of sp³-hybridized carbons (Fsp3) is 0.462. The number of ketones is 1. The van der Waals surface area contributed by atoms with Crippen molar-refractivity contribution in [2.45, 2.75) is 6.42 Å². The van der Waals surface area contributed by atoms with Crippen molar-refractivity contribution in [2.75, 3.05) is 32.7 Å². The Morgan fingerprint density at radius 2 is 2.00 bits per heavy atom. The first-order chi connectivity index (χ1) is 8.25. The largest absolute Gasteiger partial charge is 0.315 e. The van der Waals surface area contributed by atoms with E-state index in [1.54, 1.807) is 0 Å². The van der Waals surface area contributed by atoms with Crippen LogP contribution in [0.3, 0.4) is 0 Å². The van der Waals surface area contributed by atoms with Crippen LogP contribution in [0.1, 0.15) is 16.8 Å². The molecule has 0 saturated carbocycles. The number of carbonyl (C=O) groups excluding carboxylic acids is 1. The van der Waals surface area contributed by atoms with Crippen molar-refractivity contribution in [3.63, 3.8) is 0 Å². The van der Waals surface area contributed by atoms with Gasteiger partial charge in [-0.2, -0.15) is 0 Å². The zero-order valence-electron chi connectivity index (χ0n) is 9.79. The molecule has 0 aromatic heterocycles. The summed E-state index contributed by atoms with van der Waals surface area (Å²) >= 11 is 3.37. The van der Waals surface area contributed by atoms with Gasteiger partial charge < -0.3 is 5.32 Å². The Labute approximate surface area is 110 Å². The molecule has 0 amide bonds. The Balaban J connectivity index is 1.93. The average molecular weight is 297 g/mol. The number of hydrogen-bond donors (Lipinski definition) is 1. The maximum absolute atomic E-state index is 12.1. The maximum atomic E-state index is 12.1. The predicted octanol–water partition coefficient (Wildman–Crippen LogP) is 1.93. The average Bonchev–Trinajstić information content (AvgIpc) is 2.58. The van der Waals surface area contributed by atoms with Gasteiger partial charge in [0.25, 0.3) is 0 Å². The summed E-state index contributed by atoms with van der Waals surface area (Å²) in [5.74, 6) is 0.208. The van der Waals surface area contributed by atoms with Gasteiger partial charge in [0.05, 0.1) is 6.54 Å². The number of nitrogens with one attached hydrogen (secondary N) is 1. The van der Waals surface area contributed by atoms with Crippen LogP contribution < -0.4 is 5.32 Å². The van der Waals surface area contributed by atoms with Crippen LogP contribution in [0.2, 0.25) is 0 Å². The zero-order valence-corrected chi connectivity index (χ0v) is 11.4. The van der Waals surface area contributed by atoms with Crippen LogP contribution in [0.15, 0.2) is 28.7 Å². The number of Topliss-reactive ketones (excluding diaryl/α,β-unsaturated/α-hetero) is 1. The number of halogens is 1. The smallest absolute Gasteiger partial charge is 0.176 e. The van der Waals surface area contributed by atoms with Gasteiger partial charge in [0, 0.05) is 23.1 Å². The van der Waals surface area contributed by atoms with Crippen molar-refractivity contribution < 1.29 is 4.79 Å². The molecule has 1 aliphatic heterocycles. The molecule has 92 valence electrons. The Morgan fingerprint density at radius 1 is 1.24 bits per heavy atom. The van der Waals surface area contributed by atoms with Gasteiger partial charge in [-0.15, -0.1) is 0 Å². The molecule has 1 aliphatic rings. The van der Waals surface area contributed by atoms with Crippen LogP contribution in [-0.2, 0) is 0 Å². The molecule has 0 atom stereocenters. The second kappa shape index (κ2) is 6.28. The normalized spacial score (nSPS) is 17.7. The molecule has 1 aromatic carbocycles. The zero-order chi connectivity index (χ0) is 12.1. The highest BCUT2D eigenvalue weighted by molar-refractivity contribution is 9.10. The van der Waals surface area contributed by atoms with Crippen molar-refractivity contribution in [3.05, 3.63) is 34.3 Å². The summed E-state index contributed by atoms with van der Waals surface area (Å²) in [5.41, 5.74) is 0.797. The Kier molecular flexibility index (Phi) is 4.71. The van der Waals surface area contributed by atoms with E-state index in [2.05, 4.69) is 26.1 Å². The number of rotatable bonds is 3. The SMILES string of the molecule is O=C(CN1CCCNCC1)c1ccc(Br)cc1. The lowest BCUT2D eigenvalue weighted by Gasteiger charge is -2.18. The van der Waals surface area contributed by atoms with Crippen molar-refractivity contribution >= 4 is 21.7 Å². The second-order valence-electron chi connectivity index (χ2n) is 4.31. The molecule has 1 aromatic rings. The Bertz CT molecular complexity index is 370. The summed E-state index contributed by atoms with van der Waals surface area (Å²) in [7, 11) is 0. The van der Waals surface area contributed by atoms with Gasteiger partial charge in [-0.3, -0.25) is 9.69 Å². The monoisotopic (exact) mass is 296 g/mol. The van der Waals surface area contributed by atoms with E-state index >= 15 is 0 Å². The van der Waals surface area contributed by atoms with Crippen molar-refractivity contribution in [1.29, 1.82) is 0 Å². The summed E-state index contributed by atoms with van der Waals surface area (Å²) in [5, 5.41) is 3.34. The molecule has 17 heavy (non-hydrogen) atoms. The maximum Gasteiger partial charge on any atom is 0.176 e. The summed E-state index contributed by atoms with van der Waals surface area (Å²) in [6.45, 7) is 4.54. The highest BCUT2D eigenvalue weighted by atomic mass is 79.9. The summed E-state index contributed by atoms with van der Waals surface area (Å²) < 4.78 is 1.01. The van der Waals surface area contributed by atoms with Crippen molar-refractivity contribution in [3.8, 4) is 0 Å². The number of hydrogen-bond acceptors (Lipinski definition) is 3. The lowest BCUT2D eigenvalue weighted by atomic mass is 10.1. The molecular formula is C13H17BrN2O. The molecule has 0 spiro atoms. The third kappa shape index (κ3) is 3.91. The molecule has 0 aliphatic carbocycles. The first-order valence-electron chi connectivity index (χ1n) is 5.97. The van der Waals surface area contributed by atoms with Crippen LogP contribution in [0, 0.1) is 0 Å². The van der Waals surface area contributed by atoms with Crippen LogP contribution in [-0.4, -0.2) is 43.4 Å². The fourth-order valence-electron chi connectivity index (χ4n) is 1.99. The molecule has 1 saturated heterocycles. The molecule has 0 unspecified atom stereocenters. The second-order valence-corrected chi connectivity index (χ2v) is 5.23. The van der Waals surface area contributed by atoms with E-state index in [4.69, 9.17) is 0 Å². The number of nitrogens with zero attached hydrogens (tertiary/aromatic N) is 1. The van der Waals surface area contributed by atoms with Gasteiger partial charge in [0.2, 0.25) is 0 Å². The van der Waals surface area contributed by atoms with E-state index in [0.29, 0.717) is 6.54 Å². The Morgan fingerprint density at radius 3 is 2.76 bits per heavy atom. The lowest BCUT2D eigenvalue weighted by Crippen LogP contribution is -2.33. The molecule has 4 heteroatoms. The summed E-state index contributed by atoms with van der Waals surface area (Å²) in [6.07, 6.45) is 1.12. The number of benzene rings is 1. The summed E-state index contributed by atoms with van der Waals surface area (Å²) in [4.78, 5) is 14.3. The molecule has 1 N–H and O–H groups in total. The van der Waals surface area contributed by atoms with Gasteiger partial charge in [-0.25, -0.2) is 0 Å². The van der Waals surface area contributed by atoms with Crippen molar-refractivity contribution in [2.24, 2.45) is 0 Å². The lowest BCUT2D eigenvalue weighted by molar-refractivity contribution is 0.0935. The minimum atomic E-state index is 0.208.